The molecule has 0 saturated heterocycles. The molecule has 2 aromatic rings. The van der Waals surface area contributed by atoms with Gasteiger partial charge in [-0.15, -0.1) is 0 Å². The first kappa shape index (κ1) is 16.5. The Balaban J connectivity index is 2.42. The second-order valence-corrected chi connectivity index (χ2v) is 6.27. The minimum Gasteiger partial charge on any atom is -0.496 e. The molecule has 1 unspecified atom stereocenters. The molecule has 0 aliphatic carbocycles. The molecule has 0 radical (unpaired) electrons. The highest BCUT2D eigenvalue weighted by molar-refractivity contribution is 9.10. The Morgan fingerprint density at radius 1 is 1.10 bits per heavy atom. The van der Waals surface area contributed by atoms with Gasteiger partial charge in [-0.3, -0.25) is 0 Å². The molecular weight excluding hydrogens is 401 g/mol. The minimum absolute atomic E-state index is 0.00546. The summed E-state index contributed by atoms with van der Waals surface area (Å²) in [5.41, 5.74) is 2.09. The van der Waals surface area contributed by atoms with Gasteiger partial charge in [-0.25, -0.2) is 4.39 Å². The molecule has 2 rings (SSSR count). The Morgan fingerprint density at radius 3 is 2.24 bits per heavy atom. The lowest BCUT2D eigenvalue weighted by atomic mass is 9.98. The molecule has 0 heterocycles. The molecule has 1 atom stereocenters. The lowest BCUT2D eigenvalue weighted by Crippen LogP contribution is -2.22. The van der Waals surface area contributed by atoms with Gasteiger partial charge >= 0.3 is 0 Å². The van der Waals surface area contributed by atoms with Crippen LogP contribution in [0.15, 0.2) is 45.3 Å². The quantitative estimate of drug-likeness (QED) is 0.735. The van der Waals surface area contributed by atoms with Crippen LogP contribution in [0, 0.1) is 5.82 Å². The first-order chi connectivity index (χ1) is 10.1. The summed E-state index contributed by atoms with van der Waals surface area (Å²) < 4.78 is 20.0. The maximum absolute atomic E-state index is 13.4. The fourth-order valence-corrected chi connectivity index (χ4v) is 3.14. The van der Waals surface area contributed by atoms with E-state index in [0.717, 1.165) is 27.9 Å². The zero-order chi connectivity index (χ0) is 15.4. The van der Waals surface area contributed by atoms with Crippen LogP contribution < -0.4 is 10.1 Å². The zero-order valence-corrected chi connectivity index (χ0v) is 15.0. The van der Waals surface area contributed by atoms with Crippen molar-refractivity contribution in [2.75, 3.05) is 13.7 Å². The minimum atomic E-state index is -0.259. The van der Waals surface area contributed by atoms with Crippen molar-refractivity contribution in [3.8, 4) is 5.75 Å². The van der Waals surface area contributed by atoms with Gasteiger partial charge in [-0.05, 0) is 73.8 Å². The summed E-state index contributed by atoms with van der Waals surface area (Å²) in [6.45, 7) is 2.85. The molecular formula is C16H16Br2FNO. The van der Waals surface area contributed by atoms with Crippen LogP contribution in [0.2, 0.25) is 0 Å². The topological polar surface area (TPSA) is 21.3 Å². The molecule has 0 fully saturated rings. The Labute approximate surface area is 141 Å². The van der Waals surface area contributed by atoms with E-state index in [0.29, 0.717) is 4.47 Å². The first-order valence-corrected chi connectivity index (χ1v) is 8.17. The average Bonchev–Trinajstić information content (AvgIpc) is 2.48. The number of nitrogens with one attached hydrogen (secondary N) is 1. The van der Waals surface area contributed by atoms with Crippen molar-refractivity contribution in [1.29, 1.82) is 0 Å². The van der Waals surface area contributed by atoms with Gasteiger partial charge in [0.05, 0.1) is 22.1 Å². The van der Waals surface area contributed by atoms with Crippen LogP contribution >= 0.6 is 31.9 Å². The standard InChI is InChI=1S/C16H16Br2FNO/c1-3-20-16(10-4-6-14(19)12(17)8-10)11-5-7-15(21-2)13(18)9-11/h4-9,16,20H,3H2,1-2H3. The van der Waals surface area contributed by atoms with E-state index < -0.39 is 0 Å². The van der Waals surface area contributed by atoms with Gasteiger partial charge in [-0.2, -0.15) is 0 Å². The van der Waals surface area contributed by atoms with Gasteiger partial charge < -0.3 is 10.1 Å². The summed E-state index contributed by atoms with van der Waals surface area (Å²) in [5, 5.41) is 3.42. The van der Waals surface area contributed by atoms with Gasteiger partial charge in [0.25, 0.3) is 0 Å². The summed E-state index contributed by atoms with van der Waals surface area (Å²) in [4.78, 5) is 0. The highest BCUT2D eigenvalue weighted by Gasteiger charge is 2.16. The second kappa shape index (κ2) is 7.38. The Bertz CT molecular complexity index is 634. The van der Waals surface area contributed by atoms with E-state index in [4.69, 9.17) is 4.74 Å². The van der Waals surface area contributed by atoms with Crippen molar-refractivity contribution in [3.63, 3.8) is 0 Å². The number of methoxy groups -OCH3 is 1. The van der Waals surface area contributed by atoms with Crippen LogP contribution in [0.5, 0.6) is 5.75 Å². The number of rotatable bonds is 5. The molecule has 112 valence electrons. The summed E-state index contributed by atoms with van der Waals surface area (Å²) >= 11 is 6.75. The average molecular weight is 417 g/mol. The third-order valence-corrected chi connectivity index (χ3v) is 4.42. The molecule has 0 saturated carbocycles. The highest BCUT2D eigenvalue weighted by atomic mass is 79.9. The van der Waals surface area contributed by atoms with Gasteiger partial charge in [0.1, 0.15) is 11.6 Å². The van der Waals surface area contributed by atoms with E-state index in [9.17, 15) is 4.39 Å². The summed E-state index contributed by atoms with van der Waals surface area (Å²) in [5.74, 6) is 0.527. The van der Waals surface area contributed by atoms with Crippen molar-refractivity contribution < 1.29 is 9.13 Å². The van der Waals surface area contributed by atoms with Crippen LogP contribution in [0.4, 0.5) is 4.39 Å². The van der Waals surface area contributed by atoms with Gasteiger partial charge in [-0.1, -0.05) is 19.1 Å². The van der Waals surface area contributed by atoms with Crippen LogP contribution in [-0.4, -0.2) is 13.7 Å². The molecule has 0 aliphatic heterocycles. The summed E-state index contributed by atoms with van der Waals surface area (Å²) in [7, 11) is 1.64. The van der Waals surface area contributed by atoms with Crippen molar-refractivity contribution in [2.24, 2.45) is 0 Å². The monoisotopic (exact) mass is 415 g/mol. The largest absolute Gasteiger partial charge is 0.496 e. The molecule has 2 nitrogen and oxygen atoms in total. The lowest BCUT2D eigenvalue weighted by Gasteiger charge is -2.20. The maximum atomic E-state index is 13.4. The van der Waals surface area contributed by atoms with E-state index in [-0.39, 0.29) is 11.9 Å². The highest BCUT2D eigenvalue weighted by Crippen LogP contribution is 2.31. The van der Waals surface area contributed by atoms with E-state index >= 15 is 0 Å². The van der Waals surface area contributed by atoms with Gasteiger partial charge in [0.2, 0.25) is 0 Å². The van der Waals surface area contributed by atoms with E-state index in [1.165, 1.54) is 6.07 Å². The number of ether oxygens (including phenoxy) is 1. The summed E-state index contributed by atoms with van der Waals surface area (Å²) in [6.07, 6.45) is 0. The fourth-order valence-electron chi connectivity index (χ4n) is 2.19. The molecule has 0 aromatic heterocycles. The smallest absolute Gasteiger partial charge is 0.137 e. The number of halogens is 3. The second-order valence-electron chi connectivity index (χ2n) is 4.56. The molecule has 0 bridgehead atoms. The van der Waals surface area contributed by atoms with E-state index in [2.05, 4.69) is 37.2 Å². The predicted octanol–water partition coefficient (Wildman–Crippen LogP) is 5.06. The van der Waals surface area contributed by atoms with Gasteiger partial charge in [0.15, 0.2) is 0 Å². The third-order valence-electron chi connectivity index (χ3n) is 3.19. The van der Waals surface area contributed by atoms with Crippen LogP contribution in [0.1, 0.15) is 24.1 Å². The molecule has 5 heteroatoms. The zero-order valence-electron chi connectivity index (χ0n) is 11.8. The molecule has 0 spiro atoms. The van der Waals surface area contributed by atoms with Crippen LogP contribution in [-0.2, 0) is 0 Å². The van der Waals surface area contributed by atoms with Crippen molar-refractivity contribution in [3.05, 3.63) is 62.3 Å². The van der Waals surface area contributed by atoms with Crippen molar-refractivity contribution >= 4 is 31.9 Å². The van der Waals surface area contributed by atoms with Crippen molar-refractivity contribution in [2.45, 2.75) is 13.0 Å². The third kappa shape index (κ3) is 3.84. The number of benzene rings is 2. The Kier molecular flexibility index (Phi) is 5.79. The number of hydrogen-bond donors (Lipinski definition) is 1. The van der Waals surface area contributed by atoms with Crippen LogP contribution in [0.3, 0.4) is 0 Å². The Hall–Kier alpha value is -0.910. The van der Waals surface area contributed by atoms with Crippen molar-refractivity contribution in [1.82, 2.24) is 5.32 Å². The predicted molar refractivity (Wildman–Crippen MR) is 90.3 cm³/mol. The Morgan fingerprint density at radius 2 is 1.71 bits per heavy atom. The first-order valence-electron chi connectivity index (χ1n) is 6.58. The van der Waals surface area contributed by atoms with E-state index in [1.807, 2.05) is 25.1 Å². The lowest BCUT2D eigenvalue weighted by molar-refractivity contribution is 0.412. The molecule has 1 N–H and O–H groups in total. The molecule has 0 aliphatic rings. The van der Waals surface area contributed by atoms with Gasteiger partial charge in [0, 0.05) is 0 Å². The van der Waals surface area contributed by atoms with Crippen LogP contribution in [0.25, 0.3) is 0 Å². The van der Waals surface area contributed by atoms with E-state index in [1.54, 1.807) is 19.2 Å². The fraction of sp³-hybridized carbons (Fsp3) is 0.250. The molecule has 0 amide bonds. The number of hydrogen-bond acceptors (Lipinski definition) is 2. The summed E-state index contributed by atoms with van der Waals surface area (Å²) in [6, 6.07) is 11.0. The molecule has 21 heavy (non-hydrogen) atoms. The molecule has 2 aromatic carbocycles. The normalized spacial score (nSPS) is 12.2. The SMILES string of the molecule is CCNC(c1ccc(F)c(Br)c1)c1ccc(OC)c(Br)c1. The maximum Gasteiger partial charge on any atom is 0.137 e.